The molecule has 2 N–H and O–H groups in total. The molecule has 0 aliphatic heterocycles. The fourth-order valence-electron chi connectivity index (χ4n) is 0.387. The minimum Gasteiger partial charge on any atom is -0.399 e. The summed E-state index contributed by atoms with van der Waals surface area (Å²) >= 11 is 0. The zero-order valence-electron chi connectivity index (χ0n) is 5.93. The van der Waals surface area contributed by atoms with E-state index in [1.165, 1.54) is 0 Å². The van der Waals surface area contributed by atoms with Crippen molar-refractivity contribution >= 4 is 10.0 Å². The molecule has 0 fully saturated rings. The van der Waals surface area contributed by atoms with Crippen LogP contribution in [-0.2, 0) is 8.85 Å². The number of hydrogen-bond donors (Lipinski definition) is 1. The Kier molecular flexibility index (Phi) is 8.18. The highest BCUT2D eigenvalue weighted by atomic mass is 28.3. The minimum absolute atomic E-state index is 0.665. The quantitative estimate of drug-likeness (QED) is 0.404. The molecule has 56 valence electrons. The van der Waals surface area contributed by atoms with Crippen LogP contribution in [0.5, 0.6) is 0 Å². The summed E-state index contributed by atoms with van der Waals surface area (Å²) in [5.74, 6) is 0. The molecule has 0 saturated heterocycles. The first-order valence-electron chi connectivity index (χ1n) is 3.27. The highest BCUT2D eigenvalue weighted by Gasteiger charge is 1.85. The highest BCUT2D eigenvalue weighted by Crippen LogP contribution is 1.77. The van der Waals surface area contributed by atoms with Crippen LogP contribution in [-0.4, -0.2) is 29.8 Å². The van der Waals surface area contributed by atoms with E-state index in [4.69, 9.17) is 14.6 Å². The van der Waals surface area contributed by atoms with Crippen LogP contribution in [0.15, 0.2) is 0 Å². The Balaban J connectivity index is 2.60. The van der Waals surface area contributed by atoms with Crippen LogP contribution < -0.4 is 5.73 Å². The highest BCUT2D eigenvalue weighted by molar-refractivity contribution is 6.17. The minimum atomic E-state index is -0.665. The second kappa shape index (κ2) is 8.10. The maximum absolute atomic E-state index is 5.24. The lowest BCUT2D eigenvalue weighted by molar-refractivity contribution is 0.229. The summed E-state index contributed by atoms with van der Waals surface area (Å²) < 4.78 is 10.2. The van der Waals surface area contributed by atoms with Gasteiger partial charge in [-0.1, -0.05) is 0 Å². The van der Waals surface area contributed by atoms with Crippen LogP contribution in [0, 0.1) is 0 Å². The van der Waals surface area contributed by atoms with Crippen LogP contribution >= 0.6 is 0 Å². The van der Waals surface area contributed by atoms with Gasteiger partial charge in [-0.3, -0.25) is 0 Å². The normalized spacial score (nSPS) is 11.3. The summed E-state index contributed by atoms with van der Waals surface area (Å²) in [6.07, 6.45) is 0.945. The second-order valence-electron chi connectivity index (χ2n) is 1.66. The first-order valence-corrected chi connectivity index (χ1v) is 4.42. The van der Waals surface area contributed by atoms with Crippen molar-refractivity contribution in [2.24, 2.45) is 5.73 Å². The van der Waals surface area contributed by atoms with Gasteiger partial charge in [-0.25, -0.2) is 0 Å². The van der Waals surface area contributed by atoms with Crippen LogP contribution in [0.25, 0.3) is 0 Å². The molecule has 0 aliphatic carbocycles. The van der Waals surface area contributed by atoms with Crippen LogP contribution in [0.4, 0.5) is 0 Å². The van der Waals surface area contributed by atoms with Crippen molar-refractivity contribution in [1.29, 1.82) is 0 Å². The lowest BCUT2D eigenvalue weighted by Gasteiger charge is -2.00. The molecular formula is C5H15NO2Si. The smallest absolute Gasteiger partial charge is 0.304 e. The molecular weight excluding hydrogens is 134 g/mol. The van der Waals surface area contributed by atoms with E-state index in [0.717, 1.165) is 19.6 Å². The monoisotopic (exact) mass is 149 g/mol. The molecule has 0 aromatic rings. The maximum atomic E-state index is 5.24. The van der Waals surface area contributed by atoms with E-state index in [1.54, 1.807) is 0 Å². The van der Waals surface area contributed by atoms with Crippen LogP contribution in [0.2, 0.25) is 0 Å². The third-order valence-electron chi connectivity index (χ3n) is 0.864. The molecule has 0 amide bonds. The lowest BCUT2D eigenvalue weighted by Crippen LogP contribution is -2.09. The zero-order valence-corrected chi connectivity index (χ0v) is 7.34. The first kappa shape index (κ1) is 9.10. The van der Waals surface area contributed by atoms with Gasteiger partial charge in [0.1, 0.15) is 0 Å². The summed E-state index contributed by atoms with van der Waals surface area (Å²) in [4.78, 5) is 0. The van der Waals surface area contributed by atoms with Crippen molar-refractivity contribution < 1.29 is 8.85 Å². The molecule has 0 radical (unpaired) electrons. The summed E-state index contributed by atoms with van der Waals surface area (Å²) in [6.45, 7) is 4.22. The average Bonchev–Trinajstić information content (AvgIpc) is 1.89. The maximum Gasteiger partial charge on any atom is 0.304 e. The molecule has 0 saturated carbocycles. The molecule has 4 heteroatoms. The predicted molar refractivity (Wildman–Crippen MR) is 39.8 cm³/mol. The molecule has 0 bridgehead atoms. The van der Waals surface area contributed by atoms with Gasteiger partial charge in [0.15, 0.2) is 0 Å². The number of nitrogens with two attached hydrogens (primary N) is 1. The topological polar surface area (TPSA) is 44.5 Å². The Hall–Kier alpha value is 0.0969. The fourth-order valence-corrected chi connectivity index (χ4v) is 0.993. The van der Waals surface area contributed by atoms with Crippen molar-refractivity contribution in [2.75, 3.05) is 19.8 Å². The van der Waals surface area contributed by atoms with Crippen molar-refractivity contribution in [1.82, 2.24) is 0 Å². The first-order chi connectivity index (χ1) is 4.41. The van der Waals surface area contributed by atoms with E-state index in [0.29, 0.717) is 6.54 Å². The van der Waals surface area contributed by atoms with E-state index in [9.17, 15) is 0 Å². The summed E-state index contributed by atoms with van der Waals surface area (Å²) in [7, 11) is -0.665. The Labute approximate surface area is 58.6 Å². The van der Waals surface area contributed by atoms with Crippen LogP contribution in [0.3, 0.4) is 0 Å². The zero-order chi connectivity index (χ0) is 6.95. The van der Waals surface area contributed by atoms with Gasteiger partial charge in [-0.05, 0) is 19.9 Å². The molecule has 9 heavy (non-hydrogen) atoms. The second-order valence-corrected chi connectivity index (χ2v) is 2.71. The standard InChI is InChI=1S/C5H15NO2Si/c1-2-7-9-8-5-3-4-6/h2-6,9H2,1H3. The van der Waals surface area contributed by atoms with E-state index < -0.39 is 10.0 Å². The van der Waals surface area contributed by atoms with E-state index in [1.807, 2.05) is 6.92 Å². The van der Waals surface area contributed by atoms with Crippen molar-refractivity contribution in [3.05, 3.63) is 0 Å². The molecule has 0 aromatic carbocycles. The van der Waals surface area contributed by atoms with Gasteiger partial charge in [-0.2, -0.15) is 0 Å². The molecule has 0 atom stereocenters. The number of rotatable bonds is 6. The van der Waals surface area contributed by atoms with Gasteiger partial charge >= 0.3 is 10.0 Å². The van der Waals surface area contributed by atoms with Gasteiger partial charge in [-0.15, -0.1) is 0 Å². The molecule has 0 heterocycles. The Morgan fingerprint density at radius 3 is 2.78 bits per heavy atom. The Bertz CT molecular complexity index is 48.2. The predicted octanol–water partition coefficient (Wildman–Crippen LogP) is -0.613. The summed E-state index contributed by atoms with van der Waals surface area (Å²) in [6, 6.07) is 0. The largest absolute Gasteiger partial charge is 0.399 e. The van der Waals surface area contributed by atoms with E-state index >= 15 is 0 Å². The molecule has 0 aliphatic rings. The Morgan fingerprint density at radius 2 is 2.22 bits per heavy atom. The third-order valence-corrected chi connectivity index (χ3v) is 1.89. The Morgan fingerprint density at radius 1 is 1.44 bits per heavy atom. The average molecular weight is 149 g/mol. The van der Waals surface area contributed by atoms with Gasteiger partial charge in [0.05, 0.1) is 0 Å². The fraction of sp³-hybridized carbons (Fsp3) is 1.00. The van der Waals surface area contributed by atoms with E-state index in [2.05, 4.69) is 0 Å². The van der Waals surface area contributed by atoms with Gasteiger partial charge < -0.3 is 14.6 Å². The van der Waals surface area contributed by atoms with Crippen molar-refractivity contribution in [3.63, 3.8) is 0 Å². The SMILES string of the molecule is CCO[SiH2]OCCCN. The summed E-state index contributed by atoms with van der Waals surface area (Å²) in [5.41, 5.74) is 5.24. The van der Waals surface area contributed by atoms with Crippen molar-refractivity contribution in [2.45, 2.75) is 13.3 Å². The van der Waals surface area contributed by atoms with Gasteiger partial charge in [0.2, 0.25) is 0 Å². The van der Waals surface area contributed by atoms with Gasteiger partial charge in [0, 0.05) is 13.2 Å². The van der Waals surface area contributed by atoms with Gasteiger partial charge in [0.25, 0.3) is 0 Å². The summed E-state index contributed by atoms with van der Waals surface area (Å²) in [5, 5.41) is 0. The molecule has 0 aromatic heterocycles. The lowest BCUT2D eigenvalue weighted by atomic mass is 10.5. The third kappa shape index (κ3) is 8.10. The molecule has 0 spiro atoms. The van der Waals surface area contributed by atoms with Crippen LogP contribution in [0.1, 0.15) is 13.3 Å². The van der Waals surface area contributed by atoms with Crippen molar-refractivity contribution in [3.8, 4) is 0 Å². The number of hydrogen-bond acceptors (Lipinski definition) is 3. The molecule has 0 rings (SSSR count). The molecule has 0 unspecified atom stereocenters. The molecule has 3 nitrogen and oxygen atoms in total. The van der Waals surface area contributed by atoms with E-state index in [-0.39, 0.29) is 0 Å².